The number of para-hydroxylation sites is 2. The van der Waals surface area contributed by atoms with E-state index in [2.05, 4.69) is 48.3 Å². The first kappa shape index (κ1) is 20.8. The van der Waals surface area contributed by atoms with Crippen molar-refractivity contribution in [1.29, 1.82) is 0 Å². The van der Waals surface area contributed by atoms with Gasteiger partial charge >= 0.3 is 0 Å². The molecule has 166 valence electrons. The number of nitrogens with one attached hydrogen (secondary N) is 1. The molecule has 3 aliphatic rings. The number of ketones is 1. The highest BCUT2D eigenvalue weighted by Gasteiger charge is 2.45. The number of nitrogens with zero attached hydrogens (tertiary/aromatic N) is 2. The zero-order chi connectivity index (χ0) is 22.6. The van der Waals surface area contributed by atoms with Crippen LogP contribution in [0.1, 0.15) is 51.1 Å². The average Bonchev–Trinajstić information content (AvgIpc) is 3.58. The zero-order valence-corrected chi connectivity index (χ0v) is 19.3. The van der Waals surface area contributed by atoms with Crippen molar-refractivity contribution < 1.29 is 9.59 Å². The van der Waals surface area contributed by atoms with E-state index < -0.39 is 6.04 Å². The summed E-state index contributed by atoms with van der Waals surface area (Å²) in [5, 5.41) is 3.58. The summed E-state index contributed by atoms with van der Waals surface area (Å²) in [5.74, 6) is 0.294. The van der Waals surface area contributed by atoms with Crippen LogP contribution in [-0.2, 0) is 9.59 Å². The lowest BCUT2D eigenvalue weighted by Gasteiger charge is -2.37. The molecule has 5 heteroatoms. The number of Topliss-reactive ketones (excluding diaryl/α,β-unsaturated/α-hetero) is 1. The van der Waals surface area contributed by atoms with Gasteiger partial charge in [-0.2, -0.15) is 0 Å². The van der Waals surface area contributed by atoms with Crippen LogP contribution in [0.4, 0.5) is 17.1 Å². The number of allylic oxidation sites excluding steroid dienone is 1. The number of benzene rings is 2. The third kappa shape index (κ3) is 3.60. The first-order chi connectivity index (χ1) is 15.2. The van der Waals surface area contributed by atoms with Gasteiger partial charge in [-0.05, 0) is 54.5 Å². The number of amides is 1. The quantitative estimate of drug-likeness (QED) is 0.719. The standard InChI is InChI=1S/C27H31N3O2/c1-27(2)15-21-24(23(31)16-27)25(17-11-13-19(14-12-17)29(3)4)30(26(32)18-9-10-18)22-8-6-5-7-20(22)28-21/h5-8,11-14,18,25,28H,9-10,15-16H2,1-4H3. The van der Waals surface area contributed by atoms with Crippen LogP contribution in [-0.4, -0.2) is 25.8 Å². The van der Waals surface area contributed by atoms with E-state index in [4.69, 9.17) is 0 Å². The summed E-state index contributed by atoms with van der Waals surface area (Å²) in [4.78, 5) is 31.3. The van der Waals surface area contributed by atoms with Crippen LogP contribution in [0.3, 0.4) is 0 Å². The lowest BCUT2D eigenvalue weighted by molar-refractivity contribution is -0.120. The van der Waals surface area contributed by atoms with Crippen LogP contribution in [0, 0.1) is 11.3 Å². The lowest BCUT2D eigenvalue weighted by Crippen LogP contribution is -2.40. The maximum Gasteiger partial charge on any atom is 0.231 e. The normalized spacial score (nSPS) is 21.9. The molecule has 1 fully saturated rings. The van der Waals surface area contributed by atoms with Gasteiger partial charge in [0.1, 0.15) is 0 Å². The number of carbonyl (C=O) groups is 2. The molecule has 5 rings (SSSR count). The van der Waals surface area contributed by atoms with Crippen molar-refractivity contribution in [2.75, 3.05) is 29.2 Å². The van der Waals surface area contributed by atoms with E-state index in [-0.39, 0.29) is 23.0 Å². The topological polar surface area (TPSA) is 52.7 Å². The number of carbonyl (C=O) groups excluding carboxylic acids is 2. The average molecular weight is 430 g/mol. The molecule has 1 saturated carbocycles. The third-order valence-corrected chi connectivity index (χ3v) is 6.79. The number of hydrogen-bond donors (Lipinski definition) is 1. The molecular formula is C27H31N3O2. The van der Waals surface area contributed by atoms with E-state index in [0.717, 1.165) is 53.2 Å². The Morgan fingerprint density at radius 3 is 2.38 bits per heavy atom. The number of fused-ring (bicyclic) bond motifs is 1. The second kappa shape index (κ2) is 7.51. The molecule has 0 aromatic heterocycles. The molecule has 0 bridgehead atoms. The Kier molecular flexibility index (Phi) is 4.88. The van der Waals surface area contributed by atoms with Crippen molar-refractivity contribution in [3.05, 3.63) is 65.4 Å². The van der Waals surface area contributed by atoms with Gasteiger partial charge in [-0.25, -0.2) is 0 Å². The van der Waals surface area contributed by atoms with Crippen LogP contribution < -0.4 is 15.1 Å². The molecule has 1 N–H and O–H groups in total. The lowest BCUT2D eigenvalue weighted by atomic mass is 9.73. The minimum atomic E-state index is -0.422. The zero-order valence-electron chi connectivity index (χ0n) is 19.3. The van der Waals surface area contributed by atoms with Crippen molar-refractivity contribution in [2.24, 2.45) is 11.3 Å². The highest BCUT2D eigenvalue weighted by molar-refractivity contribution is 6.07. The number of hydrogen-bond acceptors (Lipinski definition) is 4. The van der Waals surface area contributed by atoms with Gasteiger partial charge in [-0.3, -0.25) is 14.5 Å². The van der Waals surface area contributed by atoms with Crippen LogP contribution in [0.5, 0.6) is 0 Å². The van der Waals surface area contributed by atoms with Gasteiger partial charge < -0.3 is 10.2 Å². The summed E-state index contributed by atoms with van der Waals surface area (Å²) in [7, 11) is 4.02. The molecule has 0 radical (unpaired) electrons. The minimum Gasteiger partial charge on any atom is -0.378 e. The molecule has 2 aromatic carbocycles. The first-order valence-electron chi connectivity index (χ1n) is 11.5. The van der Waals surface area contributed by atoms with Crippen LogP contribution in [0.2, 0.25) is 0 Å². The summed E-state index contributed by atoms with van der Waals surface area (Å²) in [6.07, 6.45) is 3.11. The Labute approximate surface area is 190 Å². The molecule has 5 nitrogen and oxygen atoms in total. The second-order valence-electron chi connectivity index (χ2n) is 10.3. The molecule has 0 saturated heterocycles. The molecule has 32 heavy (non-hydrogen) atoms. The van der Waals surface area contributed by atoms with Crippen molar-refractivity contribution in [2.45, 2.75) is 45.6 Å². The fraction of sp³-hybridized carbons (Fsp3) is 0.407. The fourth-order valence-electron chi connectivity index (χ4n) is 5.03. The second-order valence-corrected chi connectivity index (χ2v) is 10.3. The number of anilines is 3. The van der Waals surface area contributed by atoms with E-state index >= 15 is 0 Å². The first-order valence-corrected chi connectivity index (χ1v) is 11.5. The molecule has 1 heterocycles. The van der Waals surface area contributed by atoms with Gasteiger partial charge in [0.25, 0.3) is 0 Å². The number of rotatable bonds is 3. The maximum atomic E-state index is 13.7. The highest BCUT2D eigenvalue weighted by Crippen LogP contribution is 2.49. The van der Waals surface area contributed by atoms with Gasteiger partial charge in [0.2, 0.25) is 5.91 Å². The Morgan fingerprint density at radius 1 is 1.03 bits per heavy atom. The van der Waals surface area contributed by atoms with Crippen LogP contribution in [0.25, 0.3) is 0 Å². The Bertz CT molecular complexity index is 1110. The Morgan fingerprint density at radius 2 is 1.72 bits per heavy atom. The van der Waals surface area contributed by atoms with Crippen molar-refractivity contribution in [3.8, 4) is 0 Å². The molecular weight excluding hydrogens is 398 g/mol. The van der Waals surface area contributed by atoms with Crippen molar-refractivity contribution >= 4 is 28.8 Å². The van der Waals surface area contributed by atoms with Crippen LogP contribution >= 0.6 is 0 Å². The smallest absolute Gasteiger partial charge is 0.231 e. The van der Waals surface area contributed by atoms with Gasteiger partial charge in [0, 0.05) is 43.4 Å². The van der Waals surface area contributed by atoms with E-state index in [1.165, 1.54) is 0 Å². The molecule has 1 unspecified atom stereocenters. The van der Waals surface area contributed by atoms with Crippen molar-refractivity contribution in [1.82, 2.24) is 0 Å². The van der Waals surface area contributed by atoms with Gasteiger partial charge in [0.05, 0.1) is 17.4 Å². The molecule has 1 amide bonds. The molecule has 1 aliphatic heterocycles. The largest absolute Gasteiger partial charge is 0.378 e. The molecule has 2 aliphatic carbocycles. The van der Waals surface area contributed by atoms with Gasteiger partial charge in [0.15, 0.2) is 5.78 Å². The van der Waals surface area contributed by atoms with E-state index in [1.54, 1.807) is 0 Å². The third-order valence-electron chi connectivity index (χ3n) is 6.79. The van der Waals surface area contributed by atoms with Gasteiger partial charge in [-0.1, -0.05) is 38.1 Å². The van der Waals surface area contributed by atoms with E-state index in [1.807, 2.05) is 43.3 Å². The highest BCUT2D eigenvalue weighted by atomic mass is 16.2. The maximum absolute atomic E-state index is 13.7. The summed E-state index contributed by atoms with van der Waals surface area (Å²) in [5.41, 5.74) is 5.39. The monoisotopic (exact) mass is 429 g/mol. The summed E-state index contributed by atoms with van der Waals surface area (Å²) in [6, 6.07) is 15.8. The minimum absolute atomic E-state index is 0.0453. The molecule has 2 aromatic rings. The fourth-order valence-corrected chi connectivity index (χ4v) is 5.03. The van der Waals surface area contributed by atoms with Crippen LogP contribution in [0.15, 0.2) is 59.8 Å². The SMILES string of the molecule is CN(C)c1ccc(C2C3=C(CC(C)(C)CC3=O)Nc3ccccc3N2C(=O)C2CC2)cc1. The summed E-state index contributed by atoms with van der Waals surface area (Å²) < 4.78 is 0. The predicted molar refractivity (Wildman–Crippen MR) is 129 cm³/mol. The summed E-state index contributed by atoms with van der Waals surface area (Å²) >= 11 is 0. The van der Waals surface area contributed by atoms with E-state index in [0.29, 0.717) is 6.42 Å². The molecule has 1 atom stereocenters. The Hall–Kier alpha value is -3.08. The predicted octanol–water partition coefficient (Wildman–Crippen LogP) is 5.31. The van der Waals surface area contributed by atoms with Gasteiger partial charge in [-0.15, -0.1) is 0 Å². The molecule has 0 spiro atoms. The van der Waals surface area contributed by atoms with E-state index in [9.17, 15) is 9.59 Å². The Balaban J connectivity index is 1.74. The van der Waals surface area contributed by atoms with Crippen molar-refractivity contribution in [3.63, 3.8) is 0 Å². The summed E-state index contributed by atoms with van der Waals surface area (Å²) in [6.45, 7) is 4.28.